The molecule has 0 aliphatic carbocycles. The molecule has 114 valence electrons. The predicted molar refractivity (Wildman–Crippen MR) is 82.0 cm³/mol. The Hall–Kier alpha value is -1.04. The van der Waals surface area contributed by atoms with Crippen molar-refractivity contribution < 1.29 is 9.53 Å². The van der Waals surface area contributed by atoms with Gasteiger partial charge in [0.25, 0.3) is 5.91 Å². The van der Waals surface area contributed by atoms with Crippen LogP contribution in [0, 0.1) is 0 Å². The van der Waals surface area contributed by atoms with Crippen molar-refractivity contribution in [3.8, 4) is 0 Å². The van der Waals surface area contributed by atoms with Gasteiger partial charge < -0.3 is 14.5 Å². The lowest BCUT2D eigenvalue weighted by molar-refractivity contribution is -0.143. The van der Waals surface area contributed by atoms with E-state index in [-0.39, 0.29) is 5.91 Å². The van der Waals surface area contributed by atoms with Crippen LogP contribution in [-0.4, -0.2) is 54.7 Å². The lowest BCUT2D eigenvalue weighted by Crippen LogP contribution is -2.50. The Labute approximate surface area is 133 Å². The minimum absolute atomic E-state index is 0.0716. The van der Waals surface area contributed by atoms with E-state index in [2.05, 4.69) is 4.98 Å². The van der Waals surface area contributed by atoms with Crippen LogP contribution in [0.4, 0.5) is 5.82 Å². The van der Waals surface area contributed by atoms with Gasteiger partial charge in [0.1, 0.15) is 5.82 Å². The van der Waals surface area contributed by atoms with E-state index in [9.17, 15) is 4.79 Å². The van der Waals surface area contributed by atoms with Crippen molar-refractivity contribution in [2.24, 2.45) is 0 Å². The van der Waals surface area contributed by atoms with Gasteiger partial charge in [-0.15, -0.1) is 0 Å². The number of carbonyl (C=O) groups is 1. The molecule has 0 N–H and O–H groups in total. The fourth-order valence-electron chi connectivity index (χ4n) is 2.77. The van der Waals surface area contributed by atoms with Crippen LogP contribution in [0.5, 0.6) is 0 Å². The van der Waals surface area contributed by atoms with Crippen LogP contribution in [0.2, 0.25) is 10.0 Å². The van der Waals surface area contributed by atoms with Gasteiger partial charge in [-0.3, -0.25) is 4.79 Å². The third kappa shape index (κ3) is 3.25. The lowest BCUT2D eigenvalue weighted by atomic mass is 10.2. The number of rotatable bonds is 2. The second-order valence-electron chi connectivity index (χ2n) is 5.30. The minimum Gasteiger partial charge on any atom is -0.365 e. The third-order valence-electron chi connectivity index (χ3n) is 3.85. The second kappa shape index (κ2) is 6.38. The number of nitrogens with zero attached hydrogens (tertiary/aromatic N) is 3. The summed E-state index contributed by atoms with van der Waals surface area (Å²) < 4.78 is 5.64. The van der Waals surface area contributed by atoms with Crippen molar-refractivity contribution in [3.05, 3.63) is 22.3 Å². The first kappa shape index (κ1) is 14.9. The molecule has 0 saturated carbocycles. The number of anilines is 1. The SMILES string of the molecule is O=C(C1CN(c2ncc(Cl)cc2Cl)CCO1)N1CCCC1. The van der Waals surface area contributed by atoms with Crippen LogP contribution in [0.3, 0.4) is 0 Å². The van der Waals surface area contributed by atoms with E-state index < -0.39 is 6.10 Å². The summed E-state index contributed by atoms with van der Waals surface area (Å²) in [5.74, 6) is 0.728. The first-order valence-corrected chi connectivity index (χ1v) is 7.87. The number of ether oxygens (including phenoxy) is 1. The van der Waals surface area contributed by atoms with Crippen LogP contribution >= 0.6 is 23.2 Å². The van der Waals surface area contributed by atoms with E-state index in [4.69, 9.17) is 27.9 Å². The molecule has 0 radical (unpaired) electrons. The van der Waals surface area contributed by atoms with Gasteiger partial charge in [0.15, 0.2) is 6.10 Å². The maximum absolute atomic E-state index is 12.4. The molecule has 2 aliphatic rings. The molecule has 3 rings (SSSR count). The molecule has 1 amide bonds. The number of amides is 1. The van der Waals surface area contributed by atoms with Crippen molar-refractivity contribution in [2.75, 3.05) is 37.7 Å². The van der Waals surface area contributed by atoms with E-state index >= 15 is 0 Å². The molecule has 1 atom stereocenters. The van der Waals surface area contributed by atoms with Crippen LogP contribution < -0.4 is 4.90 Å². The zero-order valence-electron chi connectivity index (χ0n) is 11.6. The van der Waals surface area contributed by atoms with Gasteiger partial charge in [-0.2, -0.15) is 0 Å². The first-order valence-electron chi connectivity index (χ1n) is 7.11. The molecule has 2 aliphatic heterocycles. The van der Waals surface area contributed by atoms with Gasteiger partial charge in [-0.05, 0) is 18.9 Å². The fourth-order valence-corrected chi connectivity index (χ4v) is 3.27. The monoisotopic (exact) mass is 329 g/mol. The van der Waals surface area contributed by atoms with Gasteiger partial charge in [-0.1, -0.05) is 23.2 Å². The third-order valence-corrected chi connectivity index (χ3v) is 4.33. The van der Waals surface area contributed by atoms with Crippen LogP contribution in [-0.2, 0) is 9.53 Å². The summed E-state index contributed by atoms with van der Waals surface area (Å²) in [6.07, 6.45) is 3.28. The quantitative estimate of drug-likeness (QED) is 0.834. The Morgan fingerprint density at radius 3 is 2.76 bits per heavy atom. The molecular formula is C14H17Cl2N3O2. The van der Waals surface area contributed by atoms with Crippen molar-refractivity contribution in [1.29, 1.82) is 0 Å². The van der Waals surface area contributed by atoms with E-state index in [1.807, 2.05) is 9.80 Å². The topological polar surface area (TPSA) is 45.7 Å². The molecule has 0 aromatic carbocycles. The maximum atomic E-state index is 12.4. The molecule has 1 unspecified atom stereocenters. The van der Waals surface area contributed by atoms with Crippen molar-refractivity contribution in [2.45, 2.75) is 18.9 Å². The van der Waals surface area contributed by atoms with E-state index in [1.165, 1.54) is 0 Å². The molecule has 7 heteroatoms. The molecule has 1 aromatic rings. The van der Waals surface area contributed by atoms with Gasteiger partial charge in [0.05, 0.1) is 23.2 Å². The van der Waals surface area contributed by atoms with Crippen molar-refractivity contribution >= 4 is 34.9 Å². The number of hydrogen-bond acceptors (Lipinski definition) is 4. The summed E-state index contributed by atoms with van der Waals surface area (Å²) in [6.45, 7) is 3.30. The molecule has 2 saturated heterocycles. The van der Waals surface area contributed by atoms with Gasteiger partial charge in [-0.25, -0.2) is 4.98 Å². The highest BCUT2D eigenvalue weighted by Crippen LogP contribution is 2.27. The molecule has 0 spiro atoms. The summed E-state index contributed by atoms with van der Waals surface area (Å²) in [5, 5.41) is 0.999. The van der Waals surface area contributed by atoms with E-state index in [0.717, 1.165) is 25.9 Å². The Balaban J connectivity index is 1.71. The Morgan fingerprint density at radius 1 is 1.29 bits per heavy atom. The van der Waals surface area contributed by atoms with Gasteiger partial charge in [0.2, 0.25) is 0 Å². The van der Waals surface area contributed by atoms with Gasteiger partial charge >= 0.3 is 0 Å². The molecule has 21 heavy (non-hydrogen) atoms. The van der Waals surface area contributed by atoms with Crippen LogP contribution in [0.1, 0.15) is 12.8 Å². The number of aromatic nitrogens is 1. The largest absolute Gasteiger partial charge is 0.365 e. The summed E-state index contributed by atoms with van der Waals surface area (Å²) in [6, 6.07) is 1.66. The van der Waals surface area contributed by atoms with Crippen molar-refractivity contribution in [3.63, 3.8) is 0 Å². The van der Waals surface area contributed by atoms with E-state index in [1.54, 1.807) is 12.3 Å². The van der Waals surface area contributed by atoms with E-state index in [0.29, 0.717) is 35.6 Å². The Kier molecular flexibility index (Phi) is 4.52. The Morgan fingerprint density at radius 2 is 2.05 bits per heavy atom. The first-order chi connectivity index (χ1) is 10.1. The predicted octanol–water partition coefficient (Wildman–Crippen LogP) is 2.22. The number of pyridine rings is 1. The van der Waals surface area contributed by atoms with Crippen molar-refractivity contribution in [1.82, 2.24) is 9.88 Å². The molecular weight excluding hydrogens is 313 g/mol. The molecule has 3 heterocycles. The normalized spacial score (nSPS) is 22.7. The zero-order chi connectivity index (χ0) is 14.8. The summed E-state index contributed by atoms with van der Waals surface area (Å²) >= 11 is 12.1. The lowest BCUT2D eigenvalue weighted by Gasteiger charge is -2.35. The Bertz CT molecular complexity index is 535. The number of carbonyl (C=O) groups excluding carboxylic acids is 1. The molecule has 0 bridgehead atoms. The fraction of sp³-hybridized carbons (Fsp3) is 0.571. The highest BCUT2D eigenvalue weighted by Gasteiger charge is 2.32. The highest BCUT2D eigenvalue weighted by molar-refractivity contribution is 6.36. The van der Waals surface area contributed by atoms with Crippen LogP contribution in [0.25, 0.3) is 0 Å². The molecule has 5 nitrogen and oxygen atoms in total. The minimum atomic E-state index is -0.439. The number of hydrogen-bond donors (Lipinski definition) is 0. The maximum Gasteiger partial charge on any atom is 0.253 e. The molecule has 2 fully saturated rings. The average molecular weight is 330 g/mol. The highest BCUT2D eigenvalue weighted by atomic mass is 35.5. The average Bonchev–Trinajstić information content (AvgIpc) is 3.01. The number of halogens is 2. The summed E-state index contributed by atoms with van der Waals surface area (Å²) in [7, 11) is 0. The summed E-state index contributed by atoms with van der Waals surface area (Å²) in [5.41, 5.74) is 0. The van der Waals surface area contributed by atoms with Crippen LogP contribution in [0.15, 0.2) is 12.3 Å². The standard InChI is InChI=1S/C14H17Cl2N3O2/c15-10-7-11(16)13(17-8-10)19-5-6-21-12(9-19)14(20)18-3-1-2-4-18/h7-8,12H,1-6,9H2. The smallest absolute Gasteiger partial charge is 0.253 e. The number of likely N-dealkylation sites (tertiary alicyclic amines) is 1. The van der Waals surface area contributed by atoms with Gasteiger partial charge in [0, 0.05) is 25.8 Å². The molecule has 1 aromatic heterocycles. The summed E-state index contributed by atoms with van der Waals surface area (Å²) in [4.78, 5) is 20.6. The number of morpholine rings is 1. The second-order valence-corrected chi connectivity index (χ2v) is 6.14. The zero-order valence-corrected chi connectivity index (χ0v) is 13.1.